The molecule has 23 heavy (non-hydrogen) atoms. The summed E-state index contributed by atoms with van der Waals surface area (Å²) in [4.78, 5) is 0.285. The number of sulfonamides is 1. The summed E-state index contributed by atoms with van der Waals surface area (Å²) in [7, 11) is 1.34. The first-order valence-corrected chi connectivity index (χ1v) is 8.78. The van der Waals surface area contributed by atoms with Gasteiger partial charge in [-0.2, -0.15) is 4.31 Å². The van der Waals surface area contributed by atoms with Gasteiger partial charge in [0.2, 0.25) is 10.0 Å². The van der Waals surface area contributed by atoms with Crippen molar-refractivity contribution in [2.45, 2.75) is 30.7 Å². The summed E-state index contributed by atoms with van der Waals surface area (Å²) in [5.74, 6) is 0.961. The molecule has 1 aromatic carbocycles. The lowest BCUT2D eigenvalue weighted by Crippen LogP contribution is -2.41. The fourth-order valence-corrected chi connectivity index (χ4v) is 4.85. The van der Waals surface area contributed by atoms with Crippen LogP contribution in [0.15, 0.2) is 17.0 Å². The zero-order valence-electron chi connectivity index (χ0n) is 14.0. The Hall–Kier alpha value is -1.02. The first-order valence-electron chi connectivity index (χ1n) is 7.34. The van der Waals surface area contributed by atoms with Crippen molar-refractivity contribution < 1.29 is 17.9 Å². The molecule has 1 N–H and O–H groups in total. The SMILES string of the molecule is CNCC1CCCN1S(=O)(=O)c1cc(OC)c(OC)cc1C.Cl. The van der Waals surface area contributed by atoms with E-state index in [1.807, 2.05) is 7.05 Å². The van der Waals surface area contributed by atoms with Gasteiger partial charge < -0.3 is 14.8 Å². The first-order chi connectivity index (χ1) is 10.5. The topological polar surface area (TPSA) is 67.9 Å². The second kappa shape index (κ2) is 8.19. The van der Waals surface area contributed by atoms with Gasteiger partial charge in [0.05, 0.1) is 19.1 Å². The van der Waals surface area contributed by atoms with Crippen LogP contribution in [-0.2, 0) is 10.0 Å². The molecule has 0 spiro atoms. The molecule has 0 bridgehead atoms. The van der Waals surface area contributed by atoms with E-state index in [0.717, 1.165) is 12.8 Å². The molecule has 1 fully saturated rings. The van der Waals surface area contributed by atoms with Crippen LogP contribution in [0, 0.1) is 6.92 Å². The Morgan fingerprint density at radius 1 is 1.26 bits per heavy atom. The summed E-state index contributed by atoms with van der Waals surface area (Å²) < 4.78 is 38.1. The van der Waals surface area contributed by atoms with Crippen LogP contribution in [0.1, 0.15) is 18.4 Å². The standard InChI is InChI=1S/C15H24N2O4S.ClH/c1-11-8-13(20-3)14(21-4)9-15(11)22(18,19)17-7-5-6-12(17)10-16-2;/h8-9,12,16H,5-7,10H2,1-4H3;1H. The Labute approximate surface area is 144 Å². The molecule has 1 unspecified atom stereocenters. The Balaban J connectivity index is 0.00000264. The normalized spacial score (nSPS) is 18.5. The zero-order chi connectivity index (χ0) is 16.3. The molecule has 1 aliphatic rings. The molecule has 1 heterocycles. The summed E-state index contributed by atoms with van der Waals surface area (Å²) in [6, 6.07) is 3.26. The molecule has 0 aliphatic carbocycles. The summed E-state index contributed by atoms with van der Waals surface area (Å²) in [5.41, 5.74) is 0.660. The number of aryl methyl sites for hydroxylation is 1. The van der Waals surface area contributed by atoms with Crippen LogP contribution < -0.4 is 14.8 Å². The van der Waals surface area contributed by atoms with Crippen molar-refractivity contribution >= 4 is 22.4 Å². The molecule has 1 aliphatic heterocycles. The molecule has 8 heteroatoms. The van der Waals surface area contributed by atoms with E-state index in [1.165, 1.54) is 14.2 Å². The van der Waals surface area contributed by atoms with Gasteiger partial charge in [0.1, 0.15) is 0 Å². The predicted molar refractivity (Wildman–Crippen MR) is 92.4 cm³/mol. The van der Waals surface area contributed by atoms with Gasteiger partial charge in [-0.3, -0.25) is 0 Å². The number of methoxy groups -OCH3 is 2. The highest BCUT2D eigenvalue weighted by molar-refractivity contribution is 7.89. The maximum atomic E-state index is 13.0. The lowest BCUT2D eigenvalue weighted by atomic mass is 10.2. The lowest BCUT2D eigenvalue weighted by molar-refractivity contribution is 0.352. The number of benzene rings is 1. The third-order valence-electron chi connectivity index (χ3n) is 4.03. The number of hydrogen-bond acceptors (Lipinski definition) is 5. The van der Waals surface area contributed by atoms with E-state index in [-0.39, 0.29) is 23.3 Å². The number of likely N-dealkylation sites (N-methyl/N-ethyl adjacent to an activating group) is 1. The Kier molecular flexibility index (Phi) is 7.13. The van der Waals surface area contributed by atoms with Gasteiger partial charge in [-0.05, 0) is 38.4 Å². The molecular formula is C15H25ClN2O4S. The first kappa shape index (κ1) is 20.0. The van der Waals surface area contributed by atoms with Crippen molar-refractivity contribution in [3.05, 3.63) is 17.7 Å². The molecule has 0 aromatic heterocycles. The van der Waals surface area contributed by atoms with Crippen molar-refractivity contribution in [3.63, 3.8) is 0 Å². The van der Waals surface area contributed by atoms with Crippen LogP contribution in [0.4, 0.5) is 0 Å². The monoisotopic (exact) mass is 364 g/mol. The highest BCUT2D eigenvalue weighted by Crippen LogP contribution is 2.35. The quantitative estimate of drug-likeness (QED) is 0.833. The molecule has 1 atom stereocenters. The van der Waals surface area contributed by atoms with Crippen LogP contribution >= 0.6 is 12.4 Å². The summed E-state index contributed by atoms with van der Waals surface area (Å²) in [5, 5.41) is 3.07. The molecule has 1 saturated heterocycles. The third kappa shape index (κ3) is 3.91. The average molecular weight is 365 g/mol. The molecule has 0 radical (unpaired) electrons. The smallest absolute Gasteiger partial charge is 0.243 e. The molecule has 1 aromatic rings. The maximum absolute atomic E-state index is 13.0. The molecular weight excluding hydrogens is 340 g/mol. The number of nitrogens with zero attached hydrogens (tertiary/aromatic N) is 1. The van der Waals surface area contributed by atoms with Gasteiger partial charge in [0.25, 0.3) is 0 Å². The van der Waals surface area contributed by atoms with E-state index in [4.69, 9.17) is 9.47 Å². The molecule has 0 amide bonds. The summed E-state index contributed by atoms with van der Waals surface area (Å²) in [6.07, 6.45) is 1.77. The molecule has 2 rings (SSSR count). The maximum Gasteiger partial charge on any atom is 0.243 e. The van der Waals surface area contributed by atoms with Crippen LogP contribution in [-0.4, -0.2) is 53.1 Å². The lowest BCUT2D eigenvalue weighted by Gasteiger charge is -2.25. The van der Waals surface area contributed by atoms with Crippen molar-refractivity contribution in [1.29, 1.82) is 0 Å². The van der Waals surface area contributed by atoms with Gasteiger partial charge in [-0.25, -0.2) is 8.42 Å². The van der Waals surface area contributed by atoms with Gasteiger partial charge in [0, 0.05) is 25.2 Å². The minimum absolute atomic E-state index is 0. The second-order valence-electron chi connectivity index (χ2n) is 5.44. The summed E-state index contributed by atoms with van der Waals surface area (Å²) >= 11 is 0. The fraction of sp³-hybridized carbons (Fsp3) is 0.600. The average Bonchev–Trinajstić information content (AvgIpc) is 2.96. The van der Waals surface area contributed by atoms with Crippen molar-refractivity contribution in [1.82, 2.24) is 9.62 Å². The Morgan fingerprint density at radius 3 is 2.43 bits per heavy atom. The van der Waals surface area contributed by atoms with Crippen molar-refractivity contribution in [3.8, 4) is 11.5 Å². The van der Waals surface area contributed by atoms with E-state index < -0.39 is 10.0 Å². The van der Waals surface area contributed by atoms with E-state index in [0.29, 0.717) is 30.2 Å². The van der Waals surface area contributed by atoms with Crippen LogP contribution in [0.5, 0.6) is 11.5 Å². The number of ether oxygens (including phenoxy) is 2. The van der Waals surface area contributed by atoms with Crippen LogP contribution in [0.2, 0.25) is 0 Å². The van der Waals surface area contributed by atoms with E-state index in [9.17, 15) is 8.42 Å². The molecule has 6 nitrogen and oxygen atoms in total. The molecule has 132 valence electrons. The van der Waals surface area contributed by atoms with Crippen molar-refractivity contribution in [2.24, 2.45) is 0 Å². The van der Waals surface area contributed by atoms with Gasteiger partial charge in [-0.1, -0.05) is 0 Å². The third-order valence-corrected chi connectivity index (χ3v) is 6.12. The van der Waals surface area contributed by atoms with E-state index >= 15 is 0 Å². The second-order valence-corrected chi connectivity index (χ2v) is 7.30. The Bertz CT molecular complexity index is 637. The highest BCUT2D eigenvalue weighted by Gasteiger charge is 2.36. The van der Waals surface area contributed by atoms with Crippen LogP contribution in [0.3, 0.4) is 0 Å². The van der Waals surface area contributed by atoms with Gasteiger partial charge >= 0.3 is 0 Å². The largest absolute Gasteiger partial charge is 0.493 e. The van der Waals surface area contributed by atoms with Gasteiger partial charge in [0.15, 0.2) is 11.5 Å². The highest BCUT2D eigenvalue weighted by atomic mass is 35.5. The van der Waals surface area contributed by atoms with Gasteiger partial charge in [-0.15, -0.1) is 12.4 Å². The summed E-state index contributed by atoms with van der Waals surface area (Å²) in [6.45, 7) is 2.99. The van der Waals surface area contributed by atoms with Crippen LogP contribution in [0.25, 0.3) is 0 Å². The predicted octanol–water partition coefficient (Wildman–Crippen LogP) is 1.81. The number of halogens is 1. The number of nitrogens with one attached hydrogen (secondary N) is 1. The minimum Gasteiger partial charge on any atom is -0.493 e. The van der Waals surface area contributed by atoms with E-state index in [2.05, 4.69) is 5.32 Å². The Morgan fingerprint density at radius 2 is 1.87 bits per heavy atom. The number of rotatable bonds is 6. The van der Waals surface area contributed by atoms with Crippen molar-refractivity contribution in [2.75, 3.05) is 34.4 Å². The minimum atomic E-state index is -3.54. The number of hydrogen-bond donors (Lipinski definition) is 1. The fourth-order valence-electron chi connectivity index (χ4n) is 2.93. The zero-order valence-corrected chi connectivity index (χ0v) is 15.6. The molecule has 0 saturated carbocycles. The van der Waals surface area contributed by atoms with E-state index in [1.54, 1.807) is 23.4 Å².